The summed E-state index contributed by atoms with van der Waals surface area (Å²) in [6.45, 7) is 0.621. The van der Waals surface area contributed by atoms with Crippen LogP contribution in [0.15, 0.2) is 18.2 Å². The minimum atomic E-state index is -2.93. The first-order chi connectivity index (χ1) is 10.0. The lowest BCUT2D eigenvalue weighted by Crippen LogP contribution is -2.25. The van der Waals surface area contributed by atoms with Crippen molar-refractivity contribution in [3.05, 3.63) is 23.8 Å². The number of ether oxygens (including phenoxy) is 2. The second-order valence-corrected chi connectivity index (χ2v) is 7.67. The van der Waals surface area contributed by atoms with Gasteiger partial charge in [-0.15, -0.1) is 0 Å². The molecule has 2 aliphatic heterocycles. The van der Waals surface area contributed by atoms with Gasteiger partial charge in [-0.3, -0.25) is 4.79 Å². The maximum Gasteiger partial charge on any atom is 0.231 e. The Morgan fingerprint density at radius 1 is 1.29 bits per heavy atom. The van der Waals surface area contributed by atoms with Gasteiger partial charge in [-0.1, -0.05) is 6.07 Å². The molecule has 2 aliphatic rings. The first kappa shape index (κ1) is 14.2. The largest absolute Gasteiger partial charge is 0.454 e. The molecule has 7 heteroatoms. The van der Waals surface area contributed by atoms with E-state index < -0.39 is 9.84 Å². The third kappa shape index (κ3) is 3.47. The average Bonchev–Trinajstić information content (AvgIpc) is 3.02. The Labute approximate surface area is 123 Å². The number of rotatable bonds is 4. The Morgan fingerprint density at radius 3 is 2.86 bits per heavy atom. The average molecular weight is 311 g/mol. The van der Waals surface area contributed by atoms with E-state index in [0.717, 1.165) is 5.56 Å². The number of sulfone groups is 1. The highest BCUT2D eigenvalue weighted by Gasteiger charge is 2.29. The molecule has 21 heavy (non-hydrogen) atoms. The highest BCUT2D eigenvalue weighted by molar-refractivity contribution is 7.91. The van der Waals surface area contributed by atoms with Crippen molar-refractivity contribution < 1.29 is 22.7 Å². The zero-order valence-electron chi connectivity index (χ0n) is 11.5. The highest BCUT2D eigenvalue weighted by Crippen LogP contribution is 2.32. The van der Waals surface area contributed by atoms with Crippen LogP contribution in [0.25, 0.3) is 0 Å². The second kappa shape index (κ2) is 5.55. The minimum Gasteiger partial charge on any atom is -0.454 e. The van der Waals surface area contributed by atoms with Crippen molar-refractivity contribution in [3.8, 4) is 11.5 Å². The molecule has 1 saturated heterocycles. The molecule has 0 spiro atoms. The van der Waals surface area contributed by atoms with E-state index in [1.807, 2.05) is 18.2 Å². The molecular formula is C14H17NO5S. The summed E-state index contributed by atoms with van der Waals surface area (Å²) < 4.78 is 33.2. The predicted molar refractivity (Wildman–Crippen MR) is 75.8 cm³/mol. The van der Waals surface area contributed by atoms with Crippen LogP contribution in [-0.2, 0) is 21.2 Å². The van der Waals surface area contributed by atoms with Gasteiger partial charge in [0.05, 0.1) is 11.5 Å². The summed E-state index contributed by atoms with van der Waals surface area (Å²) in [7, 11) is -2.93. The SMILES string of the molecule is O=C(C[C@@H]1CCS(=O)(=O)C1)NCc1ccc2c(c1)OCO2. The fourth-order valence-corrected chi connectivity index (χ4v) is 4.48. The smallest absolute Gasteiger partial charge is 0.231 e. The Bertz CT molecular complexity index is 655. The lowest BCUT2D eigenvalue weighted by Gasteiger charge is -2.09. The fraction of sp³-hybridized carbons (Fsp3) is 0.500. The molecule has 0 radical (unpaired) electrons. The van der Waals surface area contributed by atoms with Gasteiger partial charge in [0.1, 0.15) is 0 Å². The minimum absolute atomic E-state index is 0.0493. The van der Waals surface area contributed by atoms with Gasteiger partial charge < -0.3 is 14.8 Å². The Kier molecular flexibility index (Phi) is 3.75. The molecule has 1 atom stereocenters. The van der Waals surface area contributed by atoms with E-state index in [4.69, 9.17) is 9.47 Å². The lowest BCUT2D eigenvalue weighted by molar-refractivity contribution is -0.122. The molecule has 1 aromatic rings. The van der Waals surface area contributed by atoms with Gasteiger partial charge in [0.2, 0.25) is 12.7 Å². The molecular weight excluding hydrogens is 294 g/mol. The third-order valence-electron chi connectivity index (χ3n) is 3.73. The quantitative estimate of drug-likeness (QED) is 0.892. The second-order valence-electron chi connectivity index (χ2n) is 5.44. The van der Waals surface area contributed by atoms with E-state index in [-0.39, 0.29) is 36.5 Å². The van der Waals surface area contributed by atoms with Gasteiger partial charge in [-0.25, -0.2) is 8.42 Å². The third-order valence-corrected chi connectivity index (χ3v) is 5.56. The molecule has 0 saturated carbocycles. The zero-order valence-corrected chi connectivity index (χ0v) is 12.3. The number of carbonyl (C=O) groups is 1. The molecule has 1 amide bonds. The summed E-state index contributed by atoms with van der Waals surface area (Å²) in [5, 5.41) is 2.81. The number of hydrogen-bond donors (Lipinski definition) is 1. The van der Waals surface area contributed by atoms with Crippen LogP contribution >= 0.6 is 0 Å². The molecule has 0 aromatic heterocycles. The van der Waals surface area contributed by atoms with Crippen LogP contribution in [0.4, 0.5) is 0 Å². The van der Waals surface area contributed by atoms with Crippen molar-refractivity contribution in [2.75, 3.05) is 18.3 Å². The number of hydrogen-bond acceptors (Lipinski definition) is 5. The number of benzene rings is 1. The van der Waals surface area contributed by atoms with Crippen LogP contribution in [0.5, 0.6) is 11.5 Å². The van der Waals surface area contributed by atoms with Crippen molar-refractivity contribution >= 4 is 15.7 Å². The molecule has 1 aromatic carbocycles. The van der Waals surface area contributed by atoms with E-state index in [9.17, 15) is 13.2 Å². The van der Waals surface area contributed by atoms with Gasteiger partial charge in [-0.2, -0.15) is 0 Å². The summed E-state index contributed by atoms with van der Waals surface area (Å²) in [5.41, 5.74) is 0.923. The van der Waals surface area contributed by atoms with Crippen LogP contribution in [0.1, 0.15) is 18.4 Å². The molecule has 2 heterocycles. The van der Waals surface area contributed by atoms with Crippen molar-refractivity contribution in [1.29, 1.82) is 0 Å². The van der Waals surface area contributed by atoms with Crippen molar-refractivity contribution in [2.24, 2.45) is 5.92 Å². The molecule has 0 unspecified atom stereocenters. The number of nitrogens with one attached hydrogen (secondary N) is 1. The zero-order chi connectivity index (χ0) is 14.9. The van der Waals surface area contributed by atoms with E-state index in [0.29, 0.717) is 24.5 Å². The van der Waals surface area contributed by atoms with Crippen LogP contribution in [-0.4, -0.2) is 32.6 Å². The Hall–Kier alpha value is -1.76. The molecule has 0 bridgehead atoms. The maximum absolute atomic E-state index is 11.9. The normalized spacial score (nSPS) is 22.2. The molecule has 0 aliphatic carbocycles. The van der Waals surface area contributed by atoms with E-state index >= 15 is 0 Å². The summed E-state index contributed by atoms with van der Waals surface area (Å²) in [4.78, 5) is 11.9. The van der Waals surface area contributed by atoms with Crippen molar-refractivity contribution in [2.45, 2.75) is 19.4 Å². The van der Waals surface area contributed by atoms with Gasteiger partial charge >= 0.3 is 0 Å². The van der Waals surface area contributed by atoms with Gasteiger partial charge in [0.25, 0.3) is 0 Å². The van der Waals surface area contributed by atoms with Gasteiger partial charge in [-0.05, 0) is 30.0 Å². The monoisotopic (exact) mass is 311 g/mol. The van der Waals surface area contributed by atoms with E-state index in [1.165, 1.54) is 0 Å². The van der Waals surface area contributed by atoms with E-state index in [2.05, 4.69) is 5.32 Å². The Morgan fingerprint density at radius 2 is 2.10 bits per heavy atom. The highest BCUT2D eigenvalue weighted by atomic mass is 32.2. The van der Waals surface area contributed by atoms with Gasteiger partial charge in [0, 0.05) is 13.0 Å². The van der Waals surface area contributed by atoms with Crippen LogP contribution in [0.2, 0.25) is 0 Å². The molecule has 3 rings (SSSR count). The van der Waals surface area contributed by atoms with Crippen molar-refractivity contribution in [3.63, 3.8) is 0 Å². The molecule has 114 valence electrons. The summed E-state index contributed by atoms with van der Waals surface area (Å²) in [6.07, 6.45) is 0.851. The first-order valence-electron chi connectivity index (χ1n) is 6.87. The van der Waals surface area contributed by atoms with Gasteiger partial charge in [0.15, 0.2) is 21.3 Å². The number of fused-ring (bicyclic) bond motifs is 1. The van der Waals surface area contributed by atoms with Crippen LogP contribution in [0.3, 0.4) is 0 Å². The van der Waals surface area contributed by atoms with Crippen LogP contribution in [0, 0.1) is 5.92 Å². The fourth-order valence-electron chi connectivity index (χ4n) is 2.62. The van der Waals surface area contributed by atoms with Crippen molar-refractivity contribution in [1.82, 2.24) is 5.32 Å². The Balaban J connectivity index is 1.50. The summed E-state index contributed by atoms with van der Waals surface area (Å²) in [6, 6.07) is 5.52. The summed E-state index contributed by atoms with van der Waals surface area (Å²) >= 11 is 0. The molecule has 1 N–H and O–H groups in total. The predicted octanol–water partition coefficient (Wildman–Crippen LogP) is 0.856. The molecule has 1 fully saturated rings. The lowest BCUT2D eigenvalue weighted by atomic mass is 10.0. The first-order valence-corrected chi connectivity index (χ1v) is 8.70. The van der Waals surface area contributed by atoms with Crippen LogP contribution < -0.4 is 14.8 Å². The standard InChI is InChI=1S/C14H17NO5S/c16-14(6-11-3-4-21(17,18)8-11)15-7-10-1-2-12-13(5-10)20-9-19-12/h1-2,5,11H,3-4,6-9H2,(H,15,16)/t11-/m0/s1. The summed E-state index contributed by atoms with van der Waals surface area (Å²) in [5.74, 6) is 1.56. The number of carbonyl (C=O) groups excluding carboxylic acids is 1. The van der Waals surface area contributed by atoms with E-state index in [1.54, 1.807) is 0 Å². The maximum atomic E-state index is 11.9. The topological polar surface area (TPSA) is 81.7 Å². The number of amides is 1. The molecule has 6 nitrogen and oxygen atoms in total.